The summed E-state index contributed by atoms with van der Waals surface area (Å²) >= 11 is 6.30. The van der Waals surface area contributed by atoms with Crippen LogP contribution in [-0.4, -0.2) is 40.3 Å². The van der Waals surface area contributed by atoms with Crippen molar-refractivity contribution in [2.24, 2.45) is 0 Å². The van der Waals surface area contributed by atoms with Crippen LogP contribution in [0, 0.1) is 17.0 Å². The van der Waals surface area contributed by atoms with E-state index in [0.717, 1.165) is 11.8 Å². The highest BCUT2D eigenvalue weighted by Gasteiger charge is 2.31. The smallest absolute Gasteiger partial charge is 0.288 e. The van der Waals surface area contributed by atoms with E-state index in [-0.39, 0.29) is 35.6 Å². The van der Waals surface area contributed by atoms with Crippen LogP contribution in [0.1, 0.15) is 27.7 Å². The predicted molar refractivity (Wildman–Crippen MR) is 101 cm³/mol. The fourth-order valence-corrected chi connectivity index (χ4v) is 3.23. The molecule has 1 aliphatic heterocycles. The lowest BCUT2D eigenvalue weighted by Gasteiger charge is -2.37. The van der Waals surface area contributed by atoms with Crippen LogP contribution in [0.2, 0.25) is 5.02 Å². The van der Waals surface area contributed by atoms with Crippen molar-refractivity contribution >= 4 is 35.6 Å². The molecule has 3 rings (SSSR count). The molecule has 1 amide bonds. The molecule has 1 aromatic carbocycles. The number of aromatic nitrogens is 1. The molecule has 1 unspecified atom stereocenters. The first-order chi connectivity index (χ1) is 12.0. The summed E-state index contributed by atoms with van der Waals surface area (Å²) in [5, 5.41) is 14.9. The van der Waals surface area contributed by atoms with Gasteiger partial charge in [-0.3, -0.25) is 19.9 Å². The van der Waals surface area contributed by atoms with Crippen LogP contribution >= 0.6 is 24.0 Å². The Kier molecular flexibility index (Phi) is 6.52. The fraction of sp³-hybridized carbons (Fsp3) is 0.294. The lowest BCUT2D eigenvalue weighted by Crippen LogP contribution is -2.49. The molecule has 1 aromatic heterocycles. The monoisotopic (exact) mass is 396 g/mol. The van der Waals surface area contributed by atoms with E-state index < -0.39 is 4.92 Å². The van der Waals surface area contributed by atoms with E-state index in [2.05, 4.69) is 10.3 Å². The standard InChI is InChI=1S/C17H17ClN4O3.ClH/c1-11-14(8-12(9-20-11)22(24)25)17(23)21-7-6-19-10-16(21)13-4-2-3-5-15(13)18;/h2-5,8-9,16,19H,6-7,10H2,1H3;1H. The minimum absolute atomic E-state index is 0. The van der Waals surface area contributed by atoms with Crippen molar-refractivity contribution < 1.29 is 9.72 Å². The molecular weight excluding hydrogens is 379 g/mol. The molecule has 9 heteroatoms. The van der Waals surface area contributed by atoms with Crippen LogP contribution in [-0.2, 0) is 0 Å². The Morgan fingerprint density at radius 1 is 1.42 bits per heavy atom. The van der Waals surface area contributed by atoms with Crippen LogP contribution < -0.4 is 5.32 Å². The molecular formula is C17H18Cl2N4O3. The molecule has 0 aliphatic carbocycles. The zero-order chi connectivity index (χ0) is 18.0. The Morgan fingerprint density at radius 2 is 2.15 bits per heavy atom. The third kappa shape index (κ3) is 3.95. The van der Waals surface area contributed by atoms with Gasteiger partial charge in [0.25, 0.3) is 11.6 Å². The maximum atomic E-state index is 13.1. The van der Waals surface area contributed by atoms with E-state index >= 15 is 0 Å². The number of hydrogen-bond acceptors (Lipinski definition) is 5. The summed E-state index contributed by atoms with van der Waals surface area (Å²) in [6.45, 7) is 3.37. The number of nitrogens with one attached hydrogen (secondary N) is 1. The van der Waals surface area contributed by atoms with E-state index in [4.69, 9.17) is 11.6 Å². The fourth-order valence-electron chi connectivity index (χ4n) is 2.96. The number of aryl methyl sites for hydroxylation is 1. The number of carbonyl (C=O) groups excluding carboxylic acids is 1. The van der Waals surface area contributed by atoms with Gasteiger partial charge < -0.3 is 10.2 Å². The van der Waals surface area contributed by atoms with Gasteiger partial charge in [-0.25, -0.2) is 0 Å². The molecule has 0 spiro atoms. The van der Waals surface area contributed by atoms with Gasteiger partial charge in [0, 0.05) is 30.7 Å². The Labute approximate surface area is 161 Å². The van der Waals surface area contributed by atoms with Crippen LogP contribution in [0.15, 0.2) is 36.5 Å². The molecule has 138 valence electrons. The minimum Gasteiger partial charge on any atom is -0.329 e. The van der Waals surface area contributed by atoms with Crippen LogP contribution in [0.4, 0.5) is 5.69 Å². The van der Waals surface area contributed by atoms with Gasteiger partial charge in [0.1, 0.15) is 6.20 Å². The molecule has 1 fully saturated rings. The quantitative estimate of drug-likeness (QED) is 0.635. The molecule has 7 nitrogen and oxygen atoms in total. The summed E-state index contributed by atoms with van der Waals surface area (Å²) in [5.41, 5.74) is 1.36. The summed E-state index contributed by atoms with van der Waals surface area (Å²) in [7, 11) is 0. The average molecular weight is 397 g/mol. The molecule has 0 saturated carbocycles. The third-order valence-electron chi connectivity index (χ3n) is 4.28. The number of rotatable bonds is 3. The maximum absolute atomic E-state index is 13.1. The lowest BCUT2D eigenvalue weighted by molar-refractivity contribution is -0.385. The Morgan fingerprint density at radius 3 is 2.85 bits per heavy atom. The van der Waals surface area contributed by atoms with Gasteiger partial charge in [-0.05, 0) is 18.6 Å². The van der Waals surface area contributed by atoms with E-state index in [1.54, 1.807) is 17.9 Å². The average Bonchev–Trinajstić information content (AvgIpc) is 2.62. The van der Waals surface area contributed by atoms with Crippen LogP contribution in [0.5, 0.6) is 0 Å². The molecule has 26 heavy (non-hydrogen) atoms. The Hall–Kier alpha value is -2.22. The number of hydrogen-bond donors (Lipinski definition) is 1. The first-order valence-corrected chi connectivity index (χ1v) is 8.24. The zero-order valence-corrected chi connectivity index (χ0v) is 15.6. The number of carbonyl (C=O) groups is 1. The van der Waals surface area contributed by atoms with Crippen molar-refractivity contribution in [3.8, 4) is 0 Å². The number of halogens is 2. The molecule has 1 saturated heterocycles. The summed E-state index contributed by atoms with van der Waals surface area (Å²) in [4.78, 5) is 29.2. The van der Waals surface area contributed by atoms with Crippen LogP contribution in [0.3, 0.4) is 0 Å². The maximum Gasteiger partial charge on any atom is 0.288 e. The van der Waals surface area contributed by atoms with E-state index in [0.29, 0.717) is 30.4 Å². The topological polar surface area (TPSA) is 88.4 Å². The number of pyridine rings is 1. The summed E-state index contributed by atoms with van der Waals surface area (Å²) in [6.07, 6.45) is 1.16. The minimum atomic E-state index is -0.549. The van der Waals surface area contributed by atoms with Gasteiger partial charge in [0.15, 0.2) is 0 Å². The molecule has 1 aliphatic rings. The number of amides is 1. The van der Waals surface area contributed by atoms with Crippen LogP contribution in [0.25, 0.3) is 0 Å². The first kappa shape index (κ1) is 20.1. The highest BCUT2D eigenvalue weighted by Crippen LogP contribution is 2.30. The highest BCUT2D eigenvalue weighted by atomic mass is 35.5. The lowest BCUT2D eigenvalue weighted by atomic mass is 10.0. The molecule has 1 N–H and O–H groups in total. The second-order valence-electron chi connectivity index (χ2n) is 5.82. The molecule has 1 atom stereocenters. The second kappa shape index (κ2) is 8.44. The Balaban J connectivity index is 0.00000243. The van der Waals surface area contributed by atoms with Gasteiger partial charge in [0.2, 0.25) is 0 Å². The van der Waals surface area contributed by atoms with Crippen molar-refractivity contribution in [3.05, 3.63) is 68.5 Å². The normalized spacial score (nSPS) is 16.7. The summed E-state index contributed by atoms with van der Waals surface area (Å²) in [5.74, 6) is -0.278. The molecule has 2 aromatic rings. The van der Waals surface area contributed by atoms with Crippen molar-refractivity contribution in [1.82, 2.24) is 15.2 Å². The van der Waals surface area contributed by atoms with Crippen molar-refractivity contribution in [2.45, 2.75) is 13.0 Å². The number of benzene rings is 1. The van der Waals surface area contributed by atoms with E-state index in [9.17, 15) is 14.9 Å². The van der Waals surface area contributed by atoms with Crippen molar-refractivity contribution in [3.63, 3.8) is 0 Å². The van der Waals surface area contributed by atoms with E-state index in [1.807, 2.05) is 18.2 Å². The largest absolute Gasteiger partial charge is 0.329 e. The third-order valence-corrected chi connectivity index (χ3v) is 4.63. The molecule has 0 bridgehead atoms. The van der Waals surface area contributed by atoms with E-state index in [1.165, 1.54) is 6.07 Å². The zero-order valence-electron chi connectivity index (χ0n) is 14.0. The van der Waals surface area contributed by atoms with Gasteiger partial charge in [-0.1, -0.05) is 29.8 Å². The molecule has 2 heterocycles. The summed E-state index contributed by atoms with van der Waals surface area (Å²) in [6, 6.07) is 8.43. The first-order valence-electron chi connectivity index (χ1n) is 7.86. The predicted octanol–water partition coefficient (Wildman–Crippen LogP) is 3.16. The molecule has 0 radical (unpaired) electrons. The van der Waals surface area contributed by atoms with Gasteiger partial charge >= 0.3 is 0 Å². The number of nitrogens with zero attached hydrogens (tertiary/aromatic N) is 3. The number of piperazine rings is 1. The number of nitro groups is 1. The SMILES string of the molecule is Cc1ncc([N+](=O)[O-])cc1C(=O)N1CCNCC1c1ccccc1Cl.Cl. The Bertz CT molecular complexity index is 831. The van der Waals surface area contributed by atoms with Crippen molar-refractivity contribution in [2.75, 3.05) is 19.6 Å². The van der Waals surface area contributed by atoms with Crippen molar-refractivity contribution in [1.29, 1.82) is 0 Å². The second-order valence-corrected chi connectivity index (χ2v) is 6.23. The van der Waals surface area contributed by atoms with Gasteiger partial charge in [-0.2, -0.15) is 0 Å². The van der Waals surface area contributed by atoms with Gasteiger partial charge in [-0.15, -0.1) is 12.4 Å². The van der Waals surface area contributed by atoms with Gasteiger partial charge in [0.05, 0.1) is 22.2 Å². The highest BCUT2D eigenvalue weighted by molar-refractivity contribution is 6.31. The summed E-state index contributed by atoms with van der Waals surface area (Å²) < 4.78 is 0.